The number of hydrogen-bond donors (Lipinski definition) is 2. The number of benzene rings is 1. The molecule has 0 spiro atoms. The maximum atomic E-state index is 5.79. The molecule has 0 atom stereocenters. The van der Waals surface area contributed by atoms with Crippen LogP contribution < -0.4 is 11.1 Å². The third-order valence-electron chi connectivity index (χ3n) is 1.85. The van der Waals surface area contributed by atoms with Crippen molar-refractivity contribution in [3.63, 3.8) is 0 Å². The molecule has 0 aromatic heterocycles. The number of hydrogen-bond acceptors (Lipinski definition) is 1. The predicted molar refractivity (Wildman–Crippen MR) is 85.1 cm³/mol. The average Bonchev–Trinajstić information content (AvgIpc) is 2.14. The number of nitrogens with two attached hydrogens (primary N) is 1. The third kappa shape index (κ3) is 7.44. The second-order valence-electron chi connectivity index (χ2n) is 4.70. The highest BCUT2D eigenvalue weighted by Gasteiger charge is 2.09. The molecule has 17 heavy (non-hydrogen) atoms. The second-order valence-corrected chi connectivity index (χ2v) is 5.14. The Kier molecular flexibility index (Phi) is 6.85. The molecule has 1 aromatic carbocycles. The molecule has 1 aromatic rings. The maximum Gasteiger partial charge on any atom is 0.189 e. The molecule has 0 fully saturated rings. The van der Waals surface area contributed by atoms with Gasteiger partial charge in [0, 0.05) is 10.6 Å². The van der Waals surface area contributed by atoms with E-state index < -0.39 is 0 Å². The fourth-order valence-corrected chi connectivity index (χ4v) is 1.32. The van der Waals surface area contributed by atoms with Gasteiger partial charge >= 0.3 is 0 Å². The van der Waals surface area contributed by atoms with Crippen LogP contribution in [-0.2, 0) is 6.54 Å². The molecule has 0 amide bonds. The molecule has 0 radical (unpaired) electrons. The summed E-state index contributed by atoms with van der Waals surface area (Å²) in [6.45, 7) is 6.68. The molecule has 0 bridgehead atoms. The highest BCUT2D eigenvalue weighted by atomic mass is 127. The van der Waals surface area contributed by atoms with Crippen molar-refractivity contribution in [1.29, 1.82) is 0 Å². The van der Waals surface area contributed by atoms with E-state index in [2.05, 4.69) is 10.3 Å². The monoisotopic (exact) mass is 367 g/mol. The molecule has 3 N–H and O–H groups in total. The van der Waals surface area contributed by atoms with Crippen molar-refractivity contribution in [2.24, 2.45) is 10.7 Å². The summed E-state index contributed by atoms with van der Waals surface area (Å²) in [5, 5.41) is 3.83. The largest absolute Gasteiger partial charge is 0.370 e. The standard InChI is InChI=1S/C12H18ClN3.HI/c1-12(2,3)16-11(14)15-8-9-4-6-10(13)7-5-9;/h4-7H,8H2,1-3H3,(H3,14,15,16);1H. The molecule has 0 saturated carbocycles. The van der Waals surface area contributed by atoms with Gasteiger partial charge in [-0.1, -0.05) is 23.7 Å². The molecule has 1 rings (SSSR count). The van der Waals surface area contributed by atoms with Gasteiger partial charge in [0.15, 0.2) is 5.96 Å². The summed E-state index contributed by atoms with van der Waals surface area (Å²) in [5.41, 5.74) is 6.77. The van der Waals surface area contributed by atoms with E-state index >= 15 is 0 Å². The van der Waals surface area contributed by atoms with E-state index in [1.807, 2.05) is 45.0 Å². The quantitative estimate of drug-likeness (QED) is 0.479. The smallest absolute Gasteiger partial charge is 0.189 e. The summed E-state index contributed by atoms with van der Waals surface area (Å²) >= 11 is 5.79. The molecule has 0 heterocycles. The van der Waals surface area contributed by atoms with Gasteiger partial charge in [-0.25, -0.2) is 4.99 Å². The third-order valence-corrected chi connectivity index (χ3v) is 2.10. The van der Waals surface area contributed by atoms with Crippen LogP contribution in [0.5, 0.6) is 0 Å². The van der Waals surface area contributed by atoms with Gasteiger partial charge in [-0.15, -0.1) is 24.0 Å². The predicted octanol–water partition coefficient (Wildman–Crippen LogP) is 3.16. The first-order chi connectivity index (χ1) is 7.37. The Labute approximate surface area is 125 Å². The lowest BCUT2D eigenvalue weighted by Gasteiger charge is -2.20. The van der Waals surface area contributed by atoms with Gasteiger partial charge in [0.2, 0.25) is 0 Å². The zero-order valence-corrected chi connectivity index (χ0v) is 13.4. The normalized spacial score (nSPS) is 11.9. The Morgan fingerprint density at radius 2 is 1.82 bits per heavy atom. The van der Waals surface area contributed by atoms with Crippen molar-refractivity contribution in [1.82, 2.24) is 5.32 Å². The topological polar surface area (TPSA) is 50.4 Å². The van der Waals surface area contributed by atoms with E-state index in [0.29, 0.717) is 12.5 Å². The van der Waals surface area contributed by atoms with Crippen molar-refractivity contribution >= 4 is 41.5 Å². The van der Waals surface area contributed by atoms with Crippen molar-refractivity contribution in [3.05, 3.63) is 34.9 Å². The van der Waals surface area contributed by atoms with E-state index in [1.54, 1.807) is 0 Å². The SMILES string of the molecule is CC(C)(C)NC(N)=NCc1ccc(Cl)cc1.I. The Hall–Kier alpha value is -0.490. The number of halogens is 2. The average molecular weight is 368 g/mol. The summed E-state index contributed by atoms with van der Waals surface area (Å²) in [6, 6.07) is 7.58. The van der Waals surface area contributed by atoms with Gasteiger partial charge in [0.1, 0.15) is 0 Å². The summed E-state index contributed by atoms with van der Waals surface area (Å²) in [7, 11) is 0. The second kappa shape index (κ2) is 7.06. The number of aliphatic imine (C=N–C) groups is 1. The molecule has 3 nitrogen and oxygen atoms in total. The Morgan fingerprint density at radius 1 is 1.29 bits per heavy atom. The summed E-state index contributed by atoms with van der Waals surface area (Å²) in [4.78, 5) is 4.25. The summed E-state index contributed by atoms with van der Waals surface area (Å²) in [6.07, 6.45) is 0. The number of nitrogens with zero attached hydrogens (tertiary/aromatic N) is 1. The highest BCUT2D eigenvalue weighted by molar-refractivity contribution is 14.0. The zero-order chi connectivity index (χ0) is 12.2. The Morgan fingerprint density at radius 3 is 2.29 bits per heavy atom. The van der Waals surface area contributed by atoms with Gasteiger partial charge in [-0.05, 0) is 38.5 Å². The minimum atomic E-state index is -0.0619. The van der Waals surface area contributed by atoms with Crippen LogP contribution in [0.15, 0.2) is 29.3 Å². The van der Waals surface area contributed by atoms with E-state index in [-0.39, 0.29) is 29.5 Å². The van der Waals surface area contributed by atoms with E-state index in [9.17, 15) is 0 Å². The fourth-order valence-electron chi connectivity index (χ4n) is 1.19. The van der Waals surface area contributed by atoms with Crippen LogP contribution in [0.25, 0.3) is 0 Å². The molecule has 0 saturated heterocycles. The van der Waals surface area contributed by atoms with E-state index in [1.165, 1.54) is 0 Å². The summed E-state index contributed by atoms with van der Waals surface area (Å²) < 4.78 is 0. The minimum absolute atomic E-state index is 0. The van der Waals surface area contributed by atoms with Crippen LogP contribution in [0.1, 0.15) is 26.3 Å². The van der Waals surface area contributed by atoms with Crippen LogP contribution in [0.3, 0.4) is 0 Å². The summed E-state index contributed by atoms with van der Waals surface area (Å²) in [5.74, 6) is 0.461. The van der Waals surface area contributed by atoms with Crippen LogP contribution in [0.4, 0.5) is 0 Å². The highest BCUT2D eigenvalue weighted by Crippen LogP contribution is 2.10. The van der Waals surface area contributed by atoms with Crippen molar-refractivity contribution < 1.29 is 0 Å². The van der Waals surface area contributed by atoms with Crippen LogP contribution in [0, 0.1) is 0 Å². The van der Waals surface area contributed by atoms with Crippen LogP contribution in [0.2, 0.25) is 5.02 Å². The van der Waals surface area contributed by atoms with Gasteiger partial charge in [0.25, 0.3) is 0 Å². The Bertz CT molecular complexity index is 368. The van der Waals surface area contributed by atoms with Crippen LogP contribution >= 0.6 is 35.6 Å². The first-order valence-corrected chi connectivity index (χ1v) is 5.57. The molecule has 0 aliphatic rings. The van der Waals surface area contributed by atoms with Gasteiger partial charge in [-0.3, -0.25) is 0 Å². The maximum absolute atomic E-state index is 5.79. The van der Waals surface area contributed by atoms with Crippen LogP contribution in [-0.4, -0.2) is 11.5 Å². The van der Waals surface area contributed by atoms with Gasteiger partial charge in [-0.2, -0.15) is 0 Å². The number of nitrogens with one attached hydrogen (secondary N) is 1. The molecule has 0 aliphatic heterocycles. The lowest BCUT2D eigenvalue weighted by molar-refractivity contribution is 0.508. The fraction of sp³-hybridized carbons (Fsp3) is 0.417. The molecule has 96 valence electrons. The van der Waals surface area contributed by atoms with Gasteiger partial charge in [0.05, 0.1) is 6.54 Å². The lowest BCUT2D eigenvalue weighted by atomic mass is 10.1. The number of guanidine groups is 1. The zero-order valence-electron chi connectivity index (χ0n) is 10.3. The lowest BCUT2D eigenvalue weighted by Crippen LogP contribution is -2.44. The minimum Gasteiger partial charge on any atom is -0.370 e. The van der Waals surface area contributed by atoms with E-state index in [0.717, 1.165) is 10.6 Å². The van der Waals surface area contributed by atoms with E-state index in [4.69, 9.17) is 17.3 Å². The Balaban J connectivity index is 0.00000256. The van der Waals surface area contributed by atoms with Crippen molar-refractivity contribution in [2.75, 3.05) is 0 Å². The van der Waals surface area contributed by atoms with Crippen molar-refractivity contribution in [3.8, 4) is 0 Å². The first kappa shape index (κ1) is 16.5. The van der Waals surface area contributed by atoms with Crippen molar-refractivity contribution in [2.45, 2.75) is 32.9 Å². The molecular weight excluding hydrogens is 349 g/mol. The first-order valence-electron chi connectivity index (χ1n) is 5.19. The molecule has 0 aliphatic carbocycles. The molecule has 0 unspecified atom stereocenters. The molecule has 5 heteroatoms. The van der Waals surface area contributed by atoms with Gasteiger partial charge < -0.3 is 11.1 Å². The number of rotatable bonds is 2. The molecular formula is C12H19ClIN3.